The van der Waals surface area contributed by atoms with Gasteiger partial charge < -0.3 is 9.42 Å². The molecule has 0 aromatic carbocycles. The fourth-order valence-electron chi connectivity index (χ4n) is 0.356. The molecule has 74 valence electrons. The molecule has 0 bridgehead atoms. The highest BCUT2D eigenvalue weighted by molar-refractivity contribution is 7.45. The maximum absolute atomic E-state index is 11.3. The Balaban J connectivity index is 3.96. The van der Waals surface area contributed by atoms with E-state index in [0.717, 1.165) is 0 Å². The first kappa shape index (κ1) is 11.9. The number of hydrogen-bond acceptors (Lipinski definition) is 4. The average molecular weight is 207 g/mol. The van der Waals surface area contributed by atoms with E-state index in [1.54, 1.807) is 6.92 Å². The number of hydrogen-bond donors (Lipinski definition) is 0. The van der Waals surface area contributed by atoms with Crippen LogP contribution in [0.3, 0.4) is 0 Å². The summed E-state index contributed by atoms with van der Waals surface area (Å²) in [4.78, 5) is 10.3. The summed E-state index contributed by atoms with van der Waals surface area (Å²) in [6.07, 6.45) is -4.93. The minimum atomic E-state index is -5.22. The largest absolute Gasteiger partial charge is 0.756 e. The summed E-state index contributed by atoms with van der Waals surface area (Å²) in [7, 11) is -5.21. The number of phosphoric ester groups is 1. The molecule has 0 saturated carbocycles. The van der Waals surface area contributed by atoms with E-state index in [2.05, 4.69) is 9.05 Å². The molecule has 12 heavy (non-hydrogen) atoms. The van der Waals surface area contributed by atoms with Crippen LogP contribution >= 0.6 is 7.82 Å². The van der Waals surface area contributed by atoms with E-state index in [9.17, 15) is 22.6 Å². The summed E-state index contributed by atoms with van der Waals surface area (Å²) in [5, 5.41) is 0. The van der Waals surface area contributed by atoms with Gasteiger partial charge in [-0.2, -0.15) is 0 Å². The molecular weight excluding hydrogens is 200 g/mol. The molecule has 0 rings (SSSR count). The predicted octanol–water partition coefficient (Wildman–Crippen LogP) is 1.42. The van der Waals surface area contributed by atoms with Crippen molar-refractivity contribution < 1.29 is 31.7 Å². The Labute approximate surface area is 66.9 Å². The SMILES string of the molecule is CCCOP(=O)([O-])OC(F)(F)F. The van der Waals surface area contributed by atoms with Crippen LogP contribution in [0.2, 0.25) is 0 Å². The molecule has 0 radical (unpaired) electrons. The Bertz CT molecular complexity index is 180. The van der Waals surface area contributed by atoms with Gasteiger partial charge >= 0.3 is 6.36 Å². The summed E-state index contributed by atoms with van der Waals surface area (Å²) in [5.41, 5.74) is 0. The Hall–Kier alpha value is -0.100. The summed E-state index contributed by atoms with van der Waals surface area (Å²) in [5.74, 6) is 0. The third-order valence-electron chi connectivity index (χ3n) is 0.669. The first-order valence-electron chi connectivity index (χ1n) is 3.00. The minimum absolute atomic E-state index is 0.285. The van der Waals surface area contributed by atoms with Gasteiger partial charge in [-0.3, -0.25) is 4.57 Å². The molecule has 0 N–H and O–H groups in total. The second-order valence-electron chi connectivity index (χ2n) is 1.82. The molecule has 1 unspecified atom stereocenters. The fourth-order valence-corrected chi connectivity index (χ4v) is 1.07. The molecule has 0 amide bonds. The summed E-state index contributed by atoms with van der Waals surface area (Å²) >= 11 is 0. The van der Waals surface area contributed by atoms with Crippen LogP contribution in [-0.2, 0) is 13.6 Å². The van der Waals surface area contributed by atoms with Crippen LogP contribution < -0.4 is 4.89 Å². The molecule has 0 aliphatic heterocycles. The Morgan fingerprint density at radius 1 is 1.50 bits per heavy atom. The molecule has 0 aliphatic carbocycles. The zero-order valence-electron chi connectivity index (χ0n) is 6.13. The summed E-state index contributed by atoms with van der Waals surface area (Å²) in [6.45, 7) is 1.23. The third kappa shape index (κ3) is 6.60. The quantitative estimate of drug-likeness (QED) is 0.654. The standard InChI is InChI=1S/C4H8F3O4P/c1-2-3-10-12(8,9)11-4(5,6)7/h2-3H2,1H3,(H,8,9)/p-1. The molecule has 0 aromatic rings. The third-order valence-corrected chi connectivity index (χ3v) is 1.60. The maximum Gasteiger partial charge on any atom is 0.528 e. The zero-order valence-corrected chi connectivity index (χ0v) is 7.02. The molecule has 1 atom stereocenters. The van der Waals surface area contributed by atoms with Crippen LogP contribution in [0.5, 0.6) is 0 Å². The lowest BCUT2D eigenvalue weighted by molar-refractivity contribution is -0.322. The monoisotopic (exact) mass is 207 g/mol. The molecule has 0 heterocycles. The lowest BCUT2D eigenvalue weighted by atomic mass is 10.5. The summed E-state index contributed by atoms with van der Waals surface area (Å²) < 4.78 is 50.7. The van der Waals surface area contributed by atoms with Gasteiger partial charge in [0.05, 0.1) is 6.61 Å². The Morgan fingerprint density at radius 3 is 2.33 bits per heavy atom. The van der Waals surface area contributed by atoms with Gasteiger partial charge in [0.2, 0.25) is 0 Å². The topological polar surface area (TPSA) is 58.6 Å². The highest BCUT2D eigenvalue weighted by Gasteiger charge is 2.35. The van der Waals surface area contributed by atoms with Crippen molar-refractivity contribution in [3.63, 3.8) is 0 Å². The number of rotatable bonds is 4. The lowest BCUT2D eigenvalue weighted by Crippen LogP contribution is -2.18. The van der Waals surface area contributed by atoms with E-state index in [4.69, 9.17) is 0 Å². The molecule has 0 aromatic heterocycles. The molecule has 8 heteroatoms. The second kappa shape index (κ2) is 4.23. The zero-order chi connectivity index (χ0) is 9.83. The van der Waals surface area contributed by atoms with E-state index in [0.29, 0.717) is 0 Å². The number of alkyl halides is 3. The van der Waals surface area contributed by atoms with Crippen molar-refractivity contribution in [1.82, 2.24) is 0 Å². The van der Waals surface area contributed by atoms with Gasteiger partial charge in [0.15, 0.2) is 0 Å². The van der Waals surface area contributed by atoms with Crippen LogP contribution in [0.15, 0.2) is 0 Å². The highest BCUT2D eigenvalue weighted by Crippen LogP contribution is 2.44. The molecule has 0 spiro atoms. The van der Waals surface area contributed by atoms with Crippen molar-refractivity contribution in [1.29, 1.82) is 0 Å². The van der Waals surface area contributed by atoms with Crippen molar-refractivity contribution >= 4 is 7.82 Å². The maximum atomic E-state index is 11.3. The molecular formula is C4H7F3O4P-. The van der Waals surface area contributed by atoms with E-state index in [-0.39, 0.29) is 13.0 Å². The van der Waals surface area contributed by atoms with Crippen molar-refractivity contribution in [2.75, 3.05) is 6.61 Å². The second-order valence-corrected chi connectivity index (χ2v) is 3.15. The van der Waals surface area contributed by atoms with Crippen molar-refractivity contribution in [3.05, 3.63) is 0 Å². The van der Waals surface area contributed by atoms with Gasteiger partial charge in [-0.25, -0.2) is 4.52 Å². The van der Waals surface area contributed by atoms with Crippen LogP contribution in [-0.4, -0.2) is 13.0 Å². The summed E-state index contributed by atoms with van der Waals surface area (Å²) in [6, 6.07) is 0. The first-order valence-corrected chi connectivity index (χ1v) is 4.46. The number of halogens is 3. The predicted molar refractivity (Wildman–Crippen MR) is 31.0 cm³/mol. The molecule has 4 nitrogen and oxygen atoms in total. The van der Waals surface area contributed by atoms with E-state index in [1.807, 2.05) is 0 Å². The van der Waals surface area contributed by atoms with Crippen LogP contribution in [0, 0.1) is 0 Å². The van der Waals surface area contributed by atoms with Crippen molar-refractivity contribution in [2.45, 2.75) is 19.7 Å². The van der Waals surface area contributed by atoms with Crippen molar-refractivity contribution in [3.8, 4) is 0 Å². The van der Waals surface area contributed by atoms with E-state index in [1.165, 1.54) is 0 Å². The molecule has 0 aliphatic rings. The normalized spacial score (nSPS) is 17.4. The van der Waals surface area contributed by atoms with Crippen LogP contribution in [0.25, 0.3) is 0 Å². The number of phosphoric acid groups is 1. The van der Waals surface area contributed by atoms with E-state index < -0.39 is 14.2 Å². The fraction of sp³-hybridized carbons (Fsp3) is 1.00. The lowest BCUT2D eigenvalue weighted by Gasteiger charge is -2.22. The smallest absolute Gasteiger partial charge is 0.528 e. The van der Waals surface area contributed by atoms with Crippen molar-refractivity contribution in [2.24, 2.45) is 0 Å². The van der Waals surface area contributed by atoms with Gasteiger partial charge in [-0.1, -0.05) is 6.92 Å². The van der Waals surface area contributed by atoms with Gasteiger partial charge in [-0.15, -0.1) is 13.2 Å². The Kier molecular flexibility index (Phi) is 4.19. The van der Waals surface area contributed by atoms with E-state index >= 15 is 0 Å². The van der Waals surface area contributed by atoms with Gasteiger partial charge in [0.25, 0.3) is 7.82 Å². The van der Waals surface area contributed by atoms with Gasteiger partial charge in [-0.05, 0) is 6.42 Å². The van der Waals surface area contributed by atoms with Crippen LogP contribution in [0.1, 0.15) is 13.3 Å². The van der Waals surface area contributed by atoms with Gasteiger partial charge in [0, 0.05) is 0 Å². The molecule has 0 saturated heterocycles. The Morgan fingerprint density at radius 2 is 2.00 bits per heavy atom. The first-order chi connectivity index (χ1) is 5.27. The average Bonchev–Trinajstić information content (AvgIpc) is 1.78. The molecule has 0 fully saturated rings. The van der Waals surface area contributed by atoms with Crippen LogP contribution in [0.4, 0.5) is 13.2 Å². The minimum Gasteiger partial charge on any atom is -0.756 e. The van der Waals surface area contributed by atoms with Gasteiger partial charge in [0.1, 0.15) is 0 Å². The highest BCUT2D eigenvalue weighted by atomic mass is 31.2.